The van der Waals surface area contributed by atoms with Gasteiger partial charge in [0.1, 0.15) is 18.1 Å². The Labute approximate surface area is 170 Å². The quantitative estimate of drug-likeness (QED) is 0.811. The minimum absolute atomic E-state index is 0.00436. The van der Waals surface area contributed by atoms with Crippen molar-refractivity contribution in [3.63, 3.8) is 0 Å². The third kappa shape index (κ3) is 4.62. The number of carbonyl (C=O) groups excluding carboxylic acids is 2. The number of nitrogens with one attached hydrogen (secondary N) is 1. The van der Waals surface area contributed by atoms with Crippen LogP contribution < -0.4 is 15.0 Å². The summed E-state index contributed by atoms with van der Waals surface area (Å²) >= 11 is 0. The molecule has 1 N–H and O–H groups in total. The van der Waals surface area contributed by atoms with Gasteiger partial charge < -0.3 is 14.5 Å². The molecule has 2 aliphatic heterocycles. The average molecular weight is 397 g/mol. The molecular formula is C22H27N3O4. The van der Waals surface area contributed by atoms with Crippen LogP contribution in [0.4, 0.5) is 5.69 Å². The van der Waals surface area contributed by atoms with E-state index in [2.05, 4.69) is 10.2 Å². The zero-order chi connectivity index (χ0) is 20.1. The molecule has 2 aliphatic rings. The number of fused-ring (bicyclic) bond motifs is 1. The molecule has 3 heterocycles. The van der Waals surface area contributed by atoms with E-state index >= 15 is 0 Å². The van der Waals surface area contributed by atoms with Gasteiger partial charge in [0, 0.05) is 6.54 Å². The molecule has 154 valence electrons. The van der Waals surface area contributed by atoms with Gasteiger partial charge in [-0.1, -0.05) is 18.6 Å². The fourth-order valence-corrected chi connectivity index (χ4v) is 4.02. The minimum Gasteiger partial charge on any atom is -0.491 e. The highest BCUT2D eigenvalue weighted by Gasteiger charge is 2.27. The predicted molar refractivity (Wildman–Crippen MR) is 109 cm³/mol. The summed E-state index contributed by atoms with van der Waals surface area (Å²) in [6.45, 7) is 2.74. The van der Waals surface area contributed by atoms with Gasteiger partial charge in [-0.15, -0.1) is 0 Å². The fourth-order valence-electron chi connectivity index (χ4n) is 4.02. The van der Waals surface area contributed by atoms with Crippen LogP contribution in [0.5, 0.6) is 5.75 Å². The molecule has 1 atom stereocenters. The third-order valence-corrected chi connectivity index (χ3v) is 5.53. The van der Waals surface area contributed by atoms with Crippen molar-refractivity contribution in [1.82, 2.24) is 10.2 Å². The molecule has 0 saturated carbocycles. The topological polar surface area (TPSA) is 75.0 Å². The number of nitrogens with zero attached hydrogens (tertiary/aromatic N) is 2. The smallest absolute Gasteiger partial charge is 0.240 e. The van der Waals surface area contributed by atoms with E-state index in [1.54, 1.807) is 6.26 Å². The van der Waals surface area contributed by atoms with Gasteiger partial charge >= 0.3 is 0 Å². The van der Waals surface area contributed by atoms with Crippen molar-refractivity contribution in [2.75, 3.05) is 37.7 Å². The van der Waals surface area contributed by atoms with Gasteiger partial charge in [0.05, 0.1) is 31.0 Å². The first-order valence-electron chi connectivity index (χ1n) is 10.3. The van der Waals surface area contributed by atoms with E-state index in [9.17, 15) is 9.59 Å². The number of hydrogen-bond acceptors (Lipinski definition) is 5. The van der Waals surface area contributed by atoms with Crippen LogP contribution in [0.2, 0.25) is 0 Å². The molecule has 1 saturated heterocycles. The van der Waals surface area contributed by atoms with E-state index in [-0.39, 0.29) is 30.8 Å². The van der Waals surface area contributed by atoms with Crippen LogP contribution in [0, 0.1) is 0 Å². The second-order valence-electron chi connectivity index (χ2n) is 7.48. The Balaban J connectivity index is 1.42. The fraction of sp³-hybridized carbons (Fsp3) is 0.455. The van der Waals surface area contributed by atoms with Gasteiger partial charge in [0.25, 0.3) is 0 Å². The van der Waals surface area contributed by atoms with Crippen LogP contribution in [-0.4, -0.2) is 49.5 Å². The summed E-state index contributed by atoms with van der Waals surface area (Å²) in [5.41, 5.74) is 0.642. The molecule has 2 aromatic rings. The second-order valence-corrected chi connectivity index (χ2v) is 7.48. The molecular weight excluding hydrogens is 370 g/mol. The Kier molecular flexibility index (Phi) is 6.14. The van der Waals surface area contributed by atoms with Crippen LogP contribution in [0.25, 0.3) is 0 Å². The minimum atomic E-state index is -0.191. The van der Waals surface area contributed by atoms with Gasteiger partial charge in [-0.05, 0) is 50.2 Å². The molecule has 7 nitrogen and oxygen atoms in total. The molecule has 0 aliphatic carbocycles. The number of anilines is 1. The third-order valence-electron chi connectivity index (χ3n) is 5.53. The molecule has 2 amide bonds. The molecule has 29 heavy (non-hydrogen) atoms. The number of amides is 2. The predicted octanol–water partition coefficient (Wildman–Crippen LogP) is 2.74. The first-order chi connectivity index (χ1) is 14.2. The maximum Gasteiger partial charge on any atom is 0.240 e. The zero-order valence-electron chi connectivity index (χ0n) is 16.5. The van der Waals surface area contributed by atoms with Gasteiger partial charge in [0.2, 0.25) is 11.8 Å². The largest absolute Gasteiger partial charge is 0.491 e. The average Bonchev–Trinajstić information content (AvgIpc) is 3.23. The van der Waals surface area contributed by atoms with Crippen LogP contribution >= 0.6 is 0 Å². The Morgan fingerprint density at radius 2 is 1.93 bits per heavy atom. The number of para-hydroxylation sites is 2. The number of ether oxygens (including phenoxy) is 1. The second kappa shape index (κ2) is 9.13. The Bertz CT molecular complexity index is 830. The maximum atomic E-state index is 12.7. The highest BCUT2D eigenvalue weighted by molar-refractivity contribution is 6.00. The number of piperidine rings is 1. The van der Waals surface area contributed by atoms with E-state index in [1.165, 1.54) is 11.3 Å². The monoisotopic (exact) mass is 397 g/mol. The van der Waals surface area contributed by atoms with Crippen molar-refractivity contribution >= 4 is 17.5 Å². The number of rotatable bonds is 6. The van der Waals surface area contributed by atoms with Crippen LogP contribution in [0.1, 0.15) is 37.5 Å². The van der Waals surface area contributed by atoms with E-state index in [1.807, 2.05) is 36.4 Å². The molecule has 1 unspecified atom stereocenters. The molecule has 1 aromatic heterocycles. The van der Waals surface area contributed by atoms with Crippen molar-refractivity contribution in [2.45, 2.75) is 31.7 Å². The first kappa shape index (κ1) is 19.5. The van der Waals surface area contributed by atoms with E-state index in [4.69, 9.17) is 9.15 Å². The van der Waals surface area contributed by atoms with Crippen LogP contribution in [0.15, 0.2) is 47.1 Å². The summed E-state index contributed by atoms with van der Waals surface area (Å²) in [6, 6.07) is 11.2. The summed E-state index contributed by atoms with van der Waals surface area (Å²) in [7, 11) is 0. The lowest BCUT2D eigenvalue weighted by Crippen LogP contribution is -2.44. The van der Waals surface area contributed by atoms with E-state index < -0.39 is 0 Å². The number of furan rings is 1. The van der Waals surface area contributed by atoms with Crippen molar-refractivity contribution < 1.29 is 18.7 Å². The maximum absolute atomic E-state index is 12.7. The van der Waals surface area contributed by atoms with E-state index in [0.717, 1.165) is 31.7 Å². The lowest BCUT2D eigenvalue weighted by atomic mass is 10.1. The lowest BCUT2D eigenvalue weighted by molar-refractivity contribution is -0.124. The number of likely N-dealkylation sites (tertiary alicyclic amines) is 1. The molecule has 4 rings (SSSR count). The summed E-state index contributed by atoms with van der Waals surface area (Å²) in [6.07, 6.45) is 5.48. The Morgan fingerprint density at radius 1 is 1.10 bits per heavy atom. The number of carbonyl (C=O) groups is 2. The van der Waals surface area contributed by atoms with Crippen LogP contribution in [0.3, 0.4) is 0 Å². The SMILES string of the molecule is O=C(CN1C(=O)CCOc2ccccc21)NCC(c1ccco1)N1CCCCC1. The van der Waals surface area contributed by atoms with Gasteiger partial charge in [0.15, 0.2) is 0 Å². The van der Waals surface area contributed by atoms with Gasteiger partial charge in [-0.25, -0.2) is 0 Å². The van der Waals surface area contributed by atoms with Crippen LogP contribution in [-0.2, 0) is 9.59 Å². The highest BCUT2D eigenvalue weighted by Crippen LogP contribution is 2.31. The number of benzene rings is 1. The summed E-state index contributed by atoms with van der Waals surface area (Å²) in [5, 5.41) is 3.01. The molecule has 7 heteroatoms. The highest BCUT2D eigenvalue weighted by atomic mass is 16.5. The van der Waals surface area contributed by atoms with Crippen molar-refractivity contribution in [3.05, 3.63) is 48.4 Å². The normalized spacial score (nSPS) is 18.5. The number of hydrogen-bond donors (Lipinski definition) is 1. The molecule has 0 spiro atoms. The molecule has 1 fully saturated rings. The molecule has 1 aromatic carbocycles. The van der Waals surface area contributed by atoms with Crippen molar-refractivity contribution in [3.8, 4) is 5.75 Å². The zero-order valence-corrected chi connectivity index (χ0v) is 16.5. The summed E-state index contributed by atoms with van der Waals surface area (Å²) in [5.74, 6) is 1.19. The Morgan fingerprint density at radius 3 is 2.72 bits per heavy atom. The molecule has 0 radical (unpaired) electrons. The van der Waals surface area contributed by atoms with Crippen molar-refractivity contribution in [1.29, 1.82) is 0 Å². The van der Waals surface area contributed by atoms with Crippen molar-refractivity contribution in [2.24, 2.45) is 0 Å². The summed E-state index contributed by atoms with van der Waals surface area (Å²) < 4.78 is 11.3. The standard InChI is InChI=1S/C22H27N3O4/c26-21(16-25-17-7-2-3-8-19(17)29-14-10-22(25)27)23-15-18(20-9-6-13-28-20)24-11-4-1-5-12-24/h2-3,6-9,13,18H,1,4-5,10-12,14-16H2,(H,23,26). The summed E-state index contributed by atoms with van der Waals surface area (Å²) in [4.78, 5) is 29.1. The van der Waals surface area contributed by atoms with E-state index in [0.29, 0.717) is 24.6 Å². The Hall–Kier alpha value is -2.80. The van der Waals surface area contributed by atoms with Gasteiger partial charge in [-0.3, -0.25) is 19.4 Å². The molecule has 0 bridgehead atoms. The first-order valence-corrected chi connectivity index (χ1v) is 10.3. The van der Waals surface area contributed by atoms with Gasteiger partial charge in [-0.2, -0.15) is 0 Å². The lowest BCUT2D eigenvalue weighted by Gasteiger charge is -2.33.